The van der Waals surface area contributed by atoms with Crippen molar-refractivity contribution in [1.82, 2.24) is 57.3 Å². The average Bonchev–Trinajstić information content (AvgIpc) is 1.64. The number of hydrogen-bond donors (Lipinski definition) is 4. The molecule has 6 heterocycles. The molecular formula is C90H96Cl4N16O2. The SMILES string of the molecule is C.CC(=O)CC(C)=O.CNc1cc(Cn2cnc(-c3ccccc3Cl)c2C2CC2)ccc1N.CNc1cc(Cn2cnc(C3CC3)c2-c2ccccc2Cl)ccc1N.Cc1nc2ccc(Cn3cnc(-c4ccccc4Cl)c3C3CC3)cc2n1C.Cc1nc2ccc(Cn3cnc(C4CC4)c3-c3ccccc3Cl)cc2n1C. The number of hydrogen-bond acceptors (Lipinski definition) is 12. The molecule has 22 heteroatoms. The second-order valence-corrected chi connectivity index (χ2v) is 31.1. The van der Waals surface area contributed by atoms with Gasteiger partial charge in [-0.15, -0.1) is 0 Å². The fraction of sp³-hybridized carbons (Fsp3) is 0.289. The Kier molecular flexibility index (Phi) is 24.7. The number of halogens is 4. The van der Waals surface area contributed by atoms with E-state index in [1.54, 1.807) is 0 Å². The molecule has 0 bridgehead atoms. The van der Waals surface area contributed by atoms with Crippen LogP contribution in [0.1, 0.15) is 159 Å². The summed E-state index contributed by atoms with van der Waals surface area (Å²) in [6, 6.07) is 57.2. The number of fused-ring (bicyclic) bond motifs is 2. The molecule has 0 radical (unpaired) electrons. The molecule has 0 saturated heterocycles. The Bertz CT molecular complexity index is 5710. The number of imidazole rings is 6. The Morgan fingerprint density at radius 3 is 1.05 bits per heavy atom. The monoisotopic (exact) mass is 1570 g/mol. The largest absolute Gasteiger partial charge is 0.397 e. The van der Waals surface area contributed by atoms with Gasteiger partial charge in [-0.1, -0.05) is 151 Å². The van der Waals surface area contributed by atoms with Crippen LogP contribution < -0.4 is 22.1 Å². The summed E-state index contributed by atoms with van der Waals surface area (Å²) in [6.07, 6.45) is 17.6. The summed E-state index contributed by atoms with van der Waals surface area (Å²) in [7, 11) is 7.90. The van der Waals surface area contributed by atoms with Crippen molar-refractivity contribution >= 4 is 103 Å². The van der Waals surface area contributed by atoms with Gasteiger partial charge in [-0.25, -0.2) is 29.9 Å². The van der Waals surface area contributed by atoms with Gasteiger partial charge in [-0.2, -0.15) is 0 Å². The maximum absolute atomic E-state index is 10.0. The number of anilines is 4. The van der Waals surface area contributed by atoms with E-state index >= 15 is 0 Å². The first-order valence-electron chi connectivity index (χ1n) is 37.8. The van der Waals surface area contributed by atoms with Crippen LogP contribution in [0.4, 0.5) is 22.7 Å². The Hall–Kier alpha value is -10.8. The van der Waals surface area contributed by atoms with E-state index in [1.165, 1.54) is 110 Å². The maximum atomic E-state index is 10.0. The Labute approximate surface area is 675 Å². The number of carbonyl (C=O) groups is 2. The highest BCUT2D eigenvalue weighted by Gasteiger charge is 2.35. The van der Waals surface area contributed by atoms with E-state index < -0.39 is 0 Å². The third kappa shape index (κ3) is 18.2. The predicted molar refractivity (Wildman–Crippen MR) is 459 cm³/mol. The predicted octanol–water partition coefficient (Wildman–Crippen LogP) is 21.3. The van der Waals surface area contributed by atoms with Gasteiger partial charge in [0.2, 0.25) is 0 Å². The summed E-state index contributed by atoms with van der Waals surface area (Å²) in [5.74, 6) is 4.22. The first-order valence-corrected chi connectivity index (χ1v) is 39.4. The Morgan fingerprint density at radius 2 is 0.732 bits per heavy atom. The average molecular weight is 1580 g/mol. The third-order valence-corrected chi connectivity index (χ3v) is 22.2. The van der Waals surface area contributed by atoms with E-state index in [9.17, 15) is 9.59 Å². The number of nitrogens with two attached hydrogens (primary N) is 2. The Morgan fingerprint density at radius 1 is 0.420 bits per heavy atom. The zero-order chi connectivity index (χ0) is 77.7. The molecular weight excluding hydrogens is 1480 g/mol. The lowest BCUT2D eigenvalue weighted by molar-refractivity contribution is -0.124. The molecule has 4 aliphatic rings. The molecule has 112 heavy (non-hydrogen) atoms. The number of nitrogens with zero attached hydrogens (tertiary/aromatic N) is 12. The molecule has 14 aromatic rings. The second kappa shape index (κ2) is 34.9. The first kappa shape index (κ1) is 79.3. The van der Waals surface area contributed by atoms with Gasteiger partial charge >= 0.3 is 0 Å². The number of benzene rings is 8. The third-order valence-electron chi connectivity index (χ3n) is 20.9. The molecule has 0 spiro atoms. The summed E-state index contributed by atoms with van der Waals surface area (Å²) in [4.78, 5) is 48.2. The standard InChI is InChI=1S/2C22H21ClN4.2C20H21ClN4.C5H8O2.CH4/c1-14-25-19-10-7-15(11-20(19)26(14)2)12-27-13-24-21(22(27)16-8-9-16)17-5-3-4-6-18(17)23;1-14-25-19-10-7-15(11-20(19)26(14)2)12-27-13-24-21(16-8-9-16)22(27)17-5-3-4-6-18(17)23;1-23-18-10-13(6-9-17(18)22)11-25-12-24-19(20(25)14-7-8-14)15-4-2-3-5-16(15)21;1-23-18-10-13(6-9-17(18)22)11-25-12-24-19(14-7-8-14)20(25)15-4-2-3-5-16(15)21;1-4(6)3-5(2)7;/h2*3-7,10-11,13,16H,8-9,12H2,1-2H3;2*2-6,9-10,12,14,23H,7-8,11,22H2,1H3;3H2,1-2H3;1H4. The van der Waals surface area contributed by atoms with Crippen LogP contribution in [0.3, 0.4) is 0 Å². The highest BCUT2D eigenvalue weighted by atomic mass is 35.5. The molecule has 0 unspecified atom stereocenters. The highest BCUT2D eigenvalue weighted by molar-refractivity contribution is 6.34. The molecule has 4 fully saturated rings. The van der Waals surface area contributed by atoms with Gasteiger partial charge in [-0.3, -0.25) is 9.59 Å². The molecule has 6 N–H and O–H groups in total. The maximum Gasteiger partial charge on any atom is 0.137 e. The van der Waals surface area contributed by atoms with Crippen LogP contribution in [-0.2, 0) is 49.9 Å². The molecule has 4 saturated carbocycles. The van der Waals surface area contributed by atoms with Crippen LogP contribution in [0.2, 0.25) is 20.1 Å². The van der Waals surface area contributed by atoms with Crippen LogP contribution in [0, 0.1) is 13.8 Å². The molecule has 8 aromatic carbocycles. The molecule has 4 aliphatic carbocycles. The van der Waals surface area contributed by atoms with Crippen molar-refractivity contribution in [1.29, 1.82) is 0 Å². The van der Waals surface area contributed by atoms with Crippen molar-refractivity contribution < 1.29 is 9.59 Å². The normalized spacial score (nSPS) is 13.5. The fourth-order valence-electron chi connectivity index (χ4n) is 14.4. The number of Topliss-reactive ketones (excluding diaryl/α,β-unsaturated/α-hetero) is 2. The lowest BCUT2D eigenvalue weighted by atomic mass is 10.1. The van der Waals surface area contributed by atoms with E-state index in [2.05, 4.69) is 141 Å². The van der Waals surface area contributed by atoms with Crippen molar-refractivity contribution in [3.05, 3.63) is 272 Å². The van der Waals surface area contributed by atoms with Crippen molar-refractivity contribution in [3.63, 3.8) is 0 Å². The number of aryl methyl sites for hydroxylation is 4. The molecule has 0 amide bonds. The fourth-order valence-corrected chi connectivity index (χ4v) is 15.3. The Balaban J connectivity index is 0.000000127. The number of rotatable bonds is 20. The first-order chi connectivity index (χ1) is 53.7. The van der Waals surface area contributed by atoms with Crippen molar-refractivity contribution in [2.24, 2.45) is 14.1 Å². The molecule has 0 atom stereocenters. The summed E-state index contributed by atoms with van der Waals surface area (Å²) in [6.45, 7) is 9.96. The second-order valence-electron chi connectivity index (χ2n) is 29.4. The molecule has 18 nitrogen and oxygen atoms in total. The van der Waals surface area contributed by atoms with E-state index in [-0.39, 0.29) is 25.4 Å². The van der Waals surface area contributed by atoms with Crippen LogP contribution in [0.15, 0.2) is 195 Å². The van der Waals surface area contributed by atoms with E-state index in [4.69, 9.17) is 77.8 Å². The minimum atomic E-state index is -0.0625. The number of carbonyl (C=O) groups excluding carboxylic acids is 2. The van der Waals surface area contributed by atoms with Crippen molar-refractivity contribution in [2.45, 2.75) is 143 Å². The minimum absolute atomic E-state index is 0. The molecule has 18 rings (SSSR count). The van der Waals surface area contributed by atoms with Crippen LogP contribution in [0.25, 0.3) is 67.1 Å². The molecule has 576 valence electrons. The van der Waals surface area contributed by atoms with Gasteiger partial charge in [-0.05, 0) is 174 Å². The topological polar surface area (TPSA) is 217 Å². The van der Waals surface area contributed by atoms with Gasteiger partial charge in [0.25, 0.3) is 0 Å². The summed E-state index contributed by atoms with van der Waals surface area (Å²) < 4.78 is 13.3. The highest BCUT2D eigenvalue weighted by Crippen LogP contribution is 2.49. The van der Waals surface area contributed by atoms with E-state index in [0.29, 0.717) is 23.7 Å². The lowest BCUT2D eigenvalue weighted by Gasteiger charge is -2.13. The zero-order valence-corrected chi connectivity index (χ0v) is 66.9. The minimum Gasteiger partial charge on any atom is -0.397 e. The quantitative estimate of drug-likeness (QED) is 0.0414. The van der Waals surface area contributed by atoms with Gasteiger partial charge in [0.05, 0.1) is 121 Å². The molecule has 6 aromatic heterocycles. The van der Waals surface area contributed by atoms with Gasteiger partial charge in [0.1, 0.15) is 23.2 Å². The molecule has 0 aliphatic heterocycles. The van der Waals surface area contributed by atoms with Crippen LogP contribution in [-0.4, -0.2) is 83.0 Å². The summed E-state index contributed by atoms with van der Waals surface area (Å²) in [5, 5.41) is 9.33. The van der Waals surface area contributed by atoms with Gasteiger partial charge in [0.15, 0.2) is 0 Å². The summed E-state index contributed by atoms with van der Waals surface area (Å²) in [5.41, 5.74) is 38.1. The van der Waals surface area contributed by atoms with Gasteiger partial charge in [0, 0.05) is 122 Å². The van der Waals surface area contributed by atoms with Crippen LogP contribution in [0.5, 0.6) is 0 Å². The van der Waals surface area contributed by atoms with Gasteiger partial charge < -0.3 is 49.5 Å². The lowest BCUT2D eigenvalue weighted by Crippen LogP contribution is -2.05. The number of aromatic nitrogens is 12. The van der Waals surface area contributed by atoms with E-state index in [1.807, 2.05) is 144 Å². The van der Waals surface area contributed by atoms with Crippen molar-refractivity contribution in [2.75, 3.05) is 36.2 Å². The zero-order valence-electron chi connectivity index (χ0n) is 63.8. The number of nitrogen functional groups attached to an aromatic ring is 2. The number of ketones is 2. The smallest absolute Gasteiger partial charge is 0.137 e. The van der Waals surface area contributed by atoms with Crippen LogP contribution >= 0.6 is 46.4 Å². The summed E-state index contributed by atoms with van der Waals surface area (Å²) >= 11 is 25.9. The van der Waals surface area contributed by atoms with Crippen molar-refractivity contribution in [3.8, 4) is 45.0 Å². The number of nitrogens with one attached hydrogen (secondary N) is 2. The van der Waals surface area contributed by atoms with E-state index in [0.717, 1.165) is 148 Å².